The van der Waals surface area contributed by atoms with Gasteiger partial charge in [0.05, 0.1) is 11.4 Å². The molecule has 0 spiro atoms. The van der Waals surface area contributed by atoms with Crippen LogP contribution < -0.4 is 14.2 Å². The molecule has 2 aliphatic rings. The van der Waals surface area contributed by atoms with Gasteiger partial charge in [-0.15, -0.1) is 0 Å². The Morgan fingerprint density at radius 1 is 0.906 bits per heavy atom. The van der Waals surface area contributed by atoms with Crippen molar-refractivity contribution in [1.82, 2.24) is 4.90 Å². The molecule has 0 radical (unpaired) electrons. The second kappa shape index (κ2) is 8.80. The molecule has 32 heavy (non-hydrogen) atoms. The molecular weight excluding hydrogens is 426 g/mol. The van der Waals surface area contributed by atoms with Gasteiger partial charge in [-0.2, -0.15) is 0 Å². The number of benzene rings is 3. The molecule has 0 saturated carbocycles. The molecule has 1 fully saturated rings. The lowest BCUT2D eigenvalue weighted by Crippen LogP contribution is -2.27. The number of imide groups is 1. The summed E-state index contributed by atoms with van der Waals surface area (Å²) in [6.45, 7) is 0.914. The second-order valence-corrected chi connectivity index (χ2v) is 8.29. The molecule has 2 aliphatic heterocycles. The first-order valence-corrected chi connectivity index (χ1v) is 10.9. The van der Waals surface area contributed by atoms with E-state index in [9.17, 15) is 9.59 Å². The zero-order valence-electron chi connectivity index (χ0n) is 17.0. The van der Waals surface area contributed by atoms with Crippen LogP contribution in [0.1, 0.15) is 16.7 Å². The van der Waals surface area contributed by atoms with Gasteiger partial charge in [0.15, 0.2) is 11.5 Å². The molecule has 6 nitrogen and oxygen atoms in total. The minimum absolute atomic E-state index is 0.243. The van der Waals surface area contributed by atoms with Crippen LogP contribution in [0, 0.1) is 0 Å². The smallest absolute Gasteiger partial charge is 0.293 e. The number of fused-ring (bicyclic) bond motifs is 1. The molecule has 0 atom stereocenters. The number of carbonyl (C=O) groups is 2. The number of ether oxygens (including phenoxy) is 3. The van der Waals surface area contributed by atoms with Crippen LogP contribution in [0.5, 0.6) is 17.2 Å². The summed E-state index contributed by atoms with van der Waals surface area (Å²) in [5.74, 6) is 1.90. The van der Waals surface area contributed by atoms with Gasteiger partial charge in [0, 0.05) is 0 Å². The third-order valence-electron chi connectivity index (χ3n) is 5.08. The van der Waals surface area contributed by atoms with Crippen molar-refractivity contribution in [1.29, 1.82) is 0 Å². The molecule has 2 amide bonds. The second-order valence-electron chi connectivity index (χ2n) is 7.30. The maximum atomic E-state index is 12.7. The average Bonchev–Trinajstić information content (AvgIpc) is 3.39. The summed E-state index contributed by atoms with van der Waals surface area (Å²) in [7, 11) is 0. The fourth-order valence-electron chi connectivity index (χ4n) is 3.41. The lowest BCUT2D eigenvalue weighted by molar-refractivity contribution is -0.123. The highest BCUT2D eigenvalue weighted by molar-refractivity contribution is 8.18. The number of thioether (sulfide) groups is 1. The third-order valence-corrected chi connectivity index (χ3v) is 5.98. The average molecular weight is 445 g/mol. The Balaban J connectivity index is 1.22. The lowest BCUT2D eigenvalue weighted by atomic mass is 10.2. The molecule has 3 aromatic rings. The zero-order chi connectivity index (χ0) is 21.9. The predicted octanol–water partition coefficient (Wildman–Crippen LogP) is 5.23. The summed E-state index contributed by atoms with van der Waals surface area (Å²) in [5, 5.41) is -0.256. The Kier molecular flexibility index (Phi) is 5.56. The fourth-order valence-corrected chi connectivity index (χ4v) is 4.25. The van der Waals surface area contributed by atoms with Crippen LogP contribution in [0.4, 0.5) is 4.79 Å². The maximum Gasteiger partial charge on any atom is 0.293 e. The number of carbonyl (C=O) groups excluding carboxylic acids is 2. The van der Waals surface area contributed by atoms with Crippen molar-refractivity contribution in [2.24, 2.45) is 0 Å². The number of hydrogen-bond acceptors (Lipinski definition) is 6. The molecular formula is C25H19NO5S. The van der Waals surface area contributed by atoms with Gasteiger partial charge < -0.3 is 14.2 Å². The van der Waals surface area contributed by atoms with E-state index in [1.807, 2.05) is 72.8 Å². The van der Waals surface area contributed by atoms with Gasteiger partial charge in [0.2, 0.25) is 6.79 Å². The summed E-state index contributed by atoms with van der Waals surface area (Å²) < 4.78 is 16.5. The van der Waals surface area contributed by atoms with Crippen molar-refractivity contribution in [2.75, 3.05) is 6.79 Å². The van der Waals surface area contributed by atoms with Gasteiger partial charge in [-0.25, -0.2) is 0 Å². The quantitative estimate of drug-likeness (QED) is 0.484. The Morgan fingerprint density at radius 3 is 2.50 bits per heavy atom. The minimum atomic E-state index is -0.271. The van der Waals surface area contributed by atoms with E-state index in [0.29, 0.717) is 17.3 Å². The Labute approximate surface area is 189 Å². The van der Waals surface area contributed by atoms with Crippen LogP contribution in [0.15, 0.2) is 77.7 Å². The standard InChI is InChI=1S/C25H19NO5S/c27-24-23(32-25(28)26(24)14-18-4-2-1-3-5-18)13-17-6-9-20(10-7-17)29-15-19-8-11-21-22(12-19)31-16-30-21/h1-13H,14-16H2/b23-13-. The minimum Gasteiger partial charge on any atom is -0.489 e. The largest absolute Gasteiger partial charge is 0.489 e. The van der Waals surface area contributed by atoms with Crippen molar-refractivity contribution in [2.45, 2.75) is 13.2 Å². The molecule has 5 rings (SSSR count). The number of hydrogen-bond donors (Lipinski definition) is 0. The molecule has 0 aromatic heterocycles. The SMILES string of the molecule is O=C1S/C(=C\c2ccc(OCc3ccc4c(c3)OCO4)cc2)C(=O)N1Cc1ccccc1. The molecule has 160 valence electrons. The highest BCUT2D eigenvalue weighted by Gasteiger charge is 2.34. The highest BCUT2D eigenvalue weighted by atomic mass is 32.2. The van der Waals surface area contributed by atoms with E-state index in [4.69, 9.17) is 14.2 Å². The first-order valence-electron chi connectivity index (χ1n) is 10.1. The fraction of sp³-hybridized carbons (Fsp3) is 0.120. The van der Waals surface area contributed by atoms with E-state index in [1.165, 1.54) is 4.90 Å². The molecule has 3 aromatic carbocycles. The van der Waals surface area contributed by atoms with E-state index in [-0.39, 0.29) is 24.5 Å². The van der Waals surface area contributed by atoms with E-state index >= 15 is 0 Å². The molecule has 0 bridgehead atoms. The van der Waals surface area contributed by atoms with Crippen molar-refractivity contribution in [3.8, 4) is 17.2 Å². The summed E-state index contributed by atoms with van der Waals surface area (Å²) in [4.78, 5) is 26.7. The molecule has 7 heteroatoms. The van der Waals surface area contributed by atoms with Crippen molar-refractivity contribution >= 4 is 29.0 Å². The van der Waals surface area contributed by atoms with E-state index in [0.717, 1.165) is 40.0 Å². The van der Waals surface area contributed by atoms with Gasteiger partial charge in [-0.1, -0.05) is 48.5 Å². The van der Waals surface area contributed by atoms with Crippen LogP contribution in [0.25, 0.3) is 6.08 Å². The van der Waals surface area contributed by atoms with Gasteiger partial charge >= 0.3 is 0 Å². The van der Waals surface area contributed by atoms with Crippen LogP contribution in [-0.4, -0.2) is 22.8 Å². The number of rotatable bonds is 6. The van der Waals surface area contributed by atoms with Gasteiger partial charge in [0.25, 0.3) is 11.1 Å². The van der Waals surface area contributed by atoms with Crippen LogP contribution in [0.3, 0.4) is 0 Å². The summed E-state index contributed by atoms with van der Waals surface area (Å²) >= 11 is 0.963. The number of amides is 2. The molecule has 1 saturated heterocycles. The molecule has 0 N–H and O–H groups in total. The van der Waals surface area contributed by atoms with Crippen LogP contribution >= 0.6 is 11.8 Å². The summed E-state index contributed by atoms with van der Waals surface area (Å²) in [5.41, 5.74) is 2.72. The summed E-state index contributed by atoms with van der Waals surface area (Å²) in [6, 6.07) is 22.6. The van der Waals surface area contributed by atoms with Crippen LogP contribution in [-0.2, 0) is 17.9 Å². The van der Waals surface area contributed by atoms with E-state index in [2.05, 4.69) is 0 Å². The third kappa shape index (κ3) is 4.33. The van der Waals surface area contributed by atoms with Crippen molar-refractivity contribution in [3.05, 3.63) is 94.4 Å². The highest BCUT2D eigenvalue weighted by Crippen LogP contribution is 2.34. The summed E-state index contributed by atoms with van der Waals surface area (Å²) in [6.07, 6.45) is 1.73. The van der Waals surface area contributed by atoms with Gasteiger partial charge in [-0.05, 0) is 58.8 Å². The van der Waals surface area contributed by atoms with Crippen molar-refractivity contribution in [3.63, 3.8) is 0 Å². The Hall–Kier alpha value is -3.71. The number of nitrogens with zero attached hydrogens (tertiary/aromatic N) is 1. The predicted molar refractivity (Wildman–Crippen MR) is 121 cm³/mol. The molecule has 0 aliphatic carbocycles. The Bertz CT molecular complexity index is 1190. The van der Waals surface area contributed by atoms with Gasteiger partial charge in [-0.3, -0.25) is 14.5 Å². The van der Waals surface area contributed by atoms with Gasteiger partial charge in [0.1, 0.15) is 12.4 Å². The van der Waals surface area contributed by atoms with E-state index in [1.54, 1.807) is 6.08 Å². The first-order chi connectivity index (χ1) is 15.7. The monoisotopic (exact) mass is 445 g/mol. The normalized spacial score (nSPS) is 16.1. The maximum absolute atomic E-state index is 12.7. The molecule has 2 heterocycles. The molecule has 0 unspecified atom stereocenters. The lowest BCUT2D eigenvalue weighted by Gasteiger charge is -2.12. The first kappa shape index (κ1) is 20.2. The van der Waals surface area contributed by atoms with E-state index < -0.39 is 0 Å². The zero-order valence-corrected chi connectivity index (χ0v) is 17.8. The van der Waals surface area contributed by atoms with Crippen LogP contribution in [0.2, 0.25) is 0 Å². The Morgan fingerprint density at radius 2 is 1.69 bits per heavy atom. The topological polar surface area (TPSA) is 65.1 Å². The van der Waals surface area contributed by atoms with Crippen molar-refractivity contribution < 1.29 is 23.8 Å².